The summed E-state index contributed by atoms with van der Waals surface area (Å²) < 4.78 is 83.7. The number of aryl methyl sites for hydroxylation is 2. The van der Waals surface area contributed by atoms with Crippen LogP contribution in [0.1, 0.15) is 344 Å². The molecule has 0 spiro atoms. The average molecular weight is 2730 g/mol. The molecule has 20 heteroatoms. The number of hydrogen-bond acceptors (Lipinski definition) is 9. The van der Waals surface area contributed by atoms with Crippen molar-refractivity contribution < 1.29 is 243 Å². The molecule has 3 N–H and O–H groups in total. The first-order valence-electron chi connectivity index (χ1n) is 44.3. The van der Waals surface area contributed by atoms with Crippen LogP contribution in [0.4, 0.5) is 17.1 Å². The molecule has 9 aromatic carbocycles. The van der Waals surface area contributed by atoms with Gasteiger partial charge in [0.25, 0.3) is 30.1 Å². The van der Waals surface area contributed by atoms with Gasteiger partial charge >= 0.3 is 62.2 Å². The van der Waals surface area contributed by atoms with Crippen LogP contribution in [0.3, 0.4) is 0 Å². The number of para-hydroxylation sites is 3. The summed E-state index contributed by atoms with van der Waals surface area (Å²) >= 11 is 0. The Morgan fingerprint density at radius 1 is 0.310 bits per heavy atom. The van der Waals surface area contributed by atoms with E-state index in [4.69, 9.17) is 0 Å². The molecule has 9 aromatic rings. The van der Waals surface area contributed by atoms with Gasteiger partial charge < -0.3 is 40.9 Å². The van der Waals surface area contributed by atoms with E-state index in [1.807, 2.05) is 267 Å². The van der Waals surface area contributed by atoms with Crippen molar-refractivity contribution in [3.63, 3.8) is 0 Å². The number of nitrogens with one attached hydrogen (secondary N) is 3. The Balaban J connectivity index is -0.0000000659. The van der Waals surface area contributed by atoms with E-state index in [-0.39, 0.29) is 274 Å². The van der Waals surface area contributed by atoms with Gasteiger partial charge in [-0.1, -0.05) is 383 Å². The molecule has 0 fully saturated rings. The van der Waals surface area contributed by atoms with Gasteiger partial charge in [-0.25, -0.2) is 31.7 Å². The summed E-state index contributed by atoms with van der Waals surface area (Å²) in [5.74, 6) is -0.669. The SMILES string of the molecule is CC.CC.CC.CC.CC.CC.CC.CC.CC.CC.CC.CC.CC.CC.CC.CC.CC.CC.O=C(c1ccccc1NS(=O)(=O)c1ccccc1)c1cccc2c1CCCC2.[CH2-]CCc1[c-]cccc1C(=O)c1ccccc1NS(=O)(=O)c1ccccc1.[CH2-]Cc1c([CH2-])cccc1C(=O)c1ccccc1NS(=O)(=O)c1ccccc1.[CH3-].[CH3-].[CH3-].[U+2].[U+2].[Yb].[Yb].[Yb]. The molecule has 1 aliphatic rings. The molecule has 0 saturated heterocycles. The molecule has 0 unspecified atom stereocenters. The van der Waals surface area contributed by atoms with Crippen molar-refractivity contribution in [3.05, 3.63) is 329 Å². The fourth-order valence-electron chi connectivity index (χ4n) is 9.36. The van der Waals surface area contributed by atoms with Crippen LogP contribution in [0.15, 0.2) is 233 Å². The molecule has 0 saturated carbocycles. The van der Waals surface area contributed by atoms with E-state index in [1.165, 1.54) is 42.0 Å². The molecule has 0 radical (unpaired) electrons. The monoisotopic (exact) mass is 2730 g/mol. The second-order valence-electron chi connectivity index (χ2n) is 18.9. The molecule has 1 aliphatic carbocycles. The first-order valence-corrected chi connectivity index (χ1v) is 48.8. The van der Waals surface area contributed by atoms with E-state index < -0.39 is 30.1 Å². The van der Waals surface area contributed by atoms with Gasteiger partial charge in [-0.2, -0.15) is 60.4 Å². The Morgan fingerprint density at radius 2 is 0.556 bits per heavy atom. The van der Waals surface area contributed by atoms with Crippen molar-refractivity contribution >= 4 is 64.5 Å². The Kier molecular flexibility index (Phi) is 163. The van der Waals surface area contributed by atoms with Gasteiger partial charge in [-0.3, -0.25) is 23.8 Å². The number of benzene rings is 9. The van der Waals surface area contributed by atoms with Crippen LogP contribution in [0.25, 0.3) is 0 Å². The largest absolute Gasteiger partial charge is 2.00 e. The van der Waals surface area contributed by atoms with Crippen molar-refractivity contribution in [1.82, 2.24) is 0 Å². The quantitative estimate of drug-likeness (QED) is 0.0554. The Morgan fingerprint density at radius 3 is 0.857 bits per heavy atom. The van der Waals surface area contributed by atoms with Crippen LogP contribution >= 0.6 is 0 Å². The molecule has 0 atom stereocenters. The molecule has 12 nitrogen and oxygen atoms in total. The van der Waals surface area contributed by atoms with Crippen molar-refractivity contribution in [2.45, 2.75) is 309 Å². The predicted molar refractivity (Wildman–Crippen MR) is 547 cm³/mol. The van der Waals surface area contributed by atoms with E-state index in [0.717, 1.165) is 47.9 Å². The third kappa shape index (κ3) is 67.0. The van der Waals surface area contributed by atoms with Crippen LogP contribution in [-0.2, 0) is 55.8 Å². The van der Waals surface area contributed by atoms with E-state index in [9.17, 15) is 39.6 Å². The second-order valence-corrected chi connectivity index (χ2v) is 23.9. The van der Waals surface area contributed by atoms with Crippen LogP contribution in [-0.4, -0.2) is 42.6 Å². The molecule has 740 valence electrons. The fraction of sp³-hybridized carbons (Fsp3) is 0.406. The number of fused-ring (bicyclic) bond motifs is 1. The molecule has 0 amide bonds. The molecule has 0 aliphatic heterocycles. The maximum Gasteiger partial charge on any atom is 2.00 e. The summed E-state index contributed by atoms with van der Waals surface area (Å²) in [7, 11) is -11.4. The molecule has 126 heavy (non-hydrogen) atoms. The minimum absolute atomic E-state index is 0. The zero-order chi connectivity index (χ0) is 94.3. The first kappa shape index (κ1) is 170. The van der Waals surface area contributed by atoms with Crippen LogP contribution in [0, 0.1) is 252 Å². The van der Waals surface area contributed by atoms with E-state index in [1.54, 1.807) is 158 Å². The molecule has 0 aromatic heterocycles. The maximum atomic E-state index is 13.3. The van der Waals surface area contributed by atoms with E-state index in [0.29, 0.717) is 52.8 Å². The van der Waals surface area contributed by atoms with E-state index in [2.05, 4.69) is 47.1 Å². The molecular formula is C106H176N3O9S3U2Yb3-3. The van der Waals surface area contributed by atoms with Crippen LogP contribution in [0.2, 0.25) is 0 Å². The standard InChI is InChI=1S/C23H21NO3S.2C22H19NO3S.18C2H6.3CH3.2U.3Yb/c25-23(20-15-8-10-17-9-4-5-13-19(17)20)21-14-6-7-16-22(21)24-28(26,27)18-11-2-1-3-12-18;1-3-18-16(2)10-9-14-19(18)22(24)20-13-7-8-15-21(20)23-27(25,26)17-11-5-4-6-12-17;1-2-10-17-11-6-7-14-19(17)22(24)20-15-8-9-16-21(20)23-27(25,26)18-12-4-3-5-13-18;18*1-2;;;;;;;;/h1-3,6-8,10-12,14-16,24H,4-5,9,13H2;4-15,23H,1-3H2;3-9,12-16,23H,1-2,10H2;18*1-2H3;3*1H3;;;;;/q;2*-2;;;;;;;;;;;;;;;;;;;3*-1;2*+2;;;. The van der Waals surface area contributed by atoms with Crippen molar-refractivity contribution in [3.8, 4) is 0 Å². The summed E-state index contributed by atoms with van der Waals surface area (Å²) in [6.45, 7) is 83.6. The number of carbonyl (C=O) groups excluding carboxylic acids is 3. The fourth-order valence-corrected chi connectivity index (χ4v) is 12.7. The maximum absolute atomic E-state index is 13.3. The first-order chi connectivity index (χ1) is 57.5. The smallest absolute Gasteiger partial charge is 0.358 e. The zero-order valence-corrected chi connectivity index (χ0v) is 101. The molecule has 10 rings (SSSR count). The van der Waals surface area contributed by atoms with Crippen molar-refractivity contribution in [2.24, 2.45) is 0 Å². The number of ketones is 3. The third-order valence-corrected chi connectivity index (χ3v) is 17.6. The van der Waals surface area contributed by atoms with Gasteiger partial charge in [0.05, 0.1) is 31.7 Å². The molecular weight excluding hydrogens is 2550 g/mol. The van der Waals surface area contributed by atoms with E-state index >= 15 is 0 Å². The topological polar surface area (TPSA) is 190 Å². The van der Waals surface area contributed by atoms with Gasteiger partial charge in [-0.05, 0) is 109 Å². The van der Waals surface area contributed by atoms with Gasteiger partial charge in [0, 0.05) is 163 Å². The summed E-state index contributed by atoms with van der Waals surface area (Å²) in [5.41, 5.74) is 7.94. The number of hydrogen-bond donors (Lipinski definition) is 3. The molecule has 0 heterocycles. The molecule has 0 bridgehead atoms. The Hall–Kier alpha value is -2.23. The predicted octanol–water partition coefficient (Wildman–Crippen LogP) is 33.0. The van der Waals surface area contributed by atoms with Gasteiger partial charge in [0.2, 0.25) is 0 Å². The number of rotatable bonds is 18. The zero-order valence-electron chi connectivity index (χ0n) is 85.6. The Bertz CT molecular complexity index is 4130. The Labute approximate surface area is 944 Å². The van der Waals surface area contributed by atoms with Gasteiger partial charge in [0.15, 0.2) is 11.6 Å². The average Bonchev–Trinajstić information content (AvgIpc) is 0.793. The van der Waals surface area contributed by atoms with Gasteiger partial charge in [0.1, 0.15) is 5.78 Å². The van der Waals surface area contributed by atoms with Crippen molar-refractivity contribution in [2.75, 3.05) is 14.2 Å². The minimum Gasteiger partial charge on any atom is -0.358 e. The van der Waals surface area contributed by atoms with Crippen LogP contribution in [0.5, 0.6) is 0 Å². The second kappa shape index (κ2) is 121. The van der Waals surface area contributed by atoms with Gasteiger partial charge in [-0.15, -0.1) is 6.07 Å². The van der Waals surface area contributed by atoms with Crippen molar-refractivity contribution in [1.29, 1.82) is 0 Å². The van der Waals surface area contributed by atoms with Crippen LogP contribution < -0.4 is 14.2 Å². The normalized spacial score (nSPS) is 8.65. The number of carbonyl (C=O) groups is 3. The summed E-state index contributed by atoms with van der Waals surface area (Å²) in [6.07, 6.45) is 5.76. The number of anilines is 3. The summed E-state index contributed by atoms with van der Waals surface area (Å²) in [6, 6.07) is 63.6. The minimum atomic E-state index is -3.80. The number of sulfonamides is 3. The summed E-state index contributed by atoms with van der Waals surface area (Å²) in [4.78, 5) is 40.0. The third-order valence-electron chi connectivity index (χ3n) is 13.4. The summed E-state index contributed by atoms with van der Waals surface area (Å²) in [5, 5.41) is 0.